The number of Topliss-reactive ketones (excluding diaryl/α,β-unsaturated/α-hetero) is 1. The Hall–Kier alpha value is -3.92. The number of thiazole rings is 1. The molecule has 1 amide bonds. The summed E-state index contributed by atoms with van der Waals surface area (Å²) in [5.74, 6) is -4.20. The lowest BCUT2D eigenvalue weighted by molar-refractivity contribution is -0.132. The van der Waals surface area contributed by atoms with Gasteiger partial charge in [-0.25, -0.2) is 18.6 Å². The summed E-state index contributed by atoms with van der Waals surface area (Å²) in [4.78, 5) is 44.0. The van der Waals surface area contributed by atoms with Crippen LogP contribution in [0.2, 0.25) is 0 Å². The lowest BCUT2D eigenvalue weighted by Crippen LogP contribution is -2.29. The molecule has 0 radical (unpaired) electrons. The highest BCUT2D eigenvalue weighted by atomic mass is 32.1. The van der Waals surface area contributed by atoms with E-state index >= 15 is 0 Å². The molecular weight excluding hydrogens is 466 g/mol. The highest BCUT2D eigenvalue weighted by Gasteiger charge is 2.48. The third-order valence-corrected chi connectivity index (χ3v) is 6.34. The molecule has 1 fully saturated rings. The minimum Gasteiger partial charge on any atom is -0.507 e. The molecule has 3 aromatic rings. The predicted octanol–water partition coefficient (Wildman–Crippen LogP) is 4.53. The van der Waals surface area contributed by atoms with E-state index in [0.29, 0.717) is 11.3 Å². The van der Waals surface area contributed by atoms with Crippen LogP contribution < -0.4 is 4.90 Å². The Morgan fingerprint density at radius 2 is 1.68 bits per heavy atom. The quantitative estimate of drug-likeness (QED) is 0.247. The number of carbonyl (C=O) groups is 3. The molecule has 1 aliphatic rings. The number of aliphatic hydroxyl groups excluding tert-OH is 1. The fraction of sp³-hybridized carbons (Fsp3) is 0.167. The van der Waals surface area contributed by atoms with Crippen molar-refractivity contribution >= 4 is 39.9 Å². The van der Waals surface area contributed by atoms with Gasteiger partial charge in [0.15, 0.2) is 5.13 Å². The molecule has 1 N–H and O–H groups in total. The molecule has 174 valence electrons. The van der Waals surface area contributed by atoms with Crippen LogP contribution in [-0.2, 0) is 14.3 Å². The zero-order valence-corrected chi connectivity index (χ0v) is 18.9. The van der Waals surface area contributed by atoms with Crippen LogP contribution in [0.4, 0.5) is 13.9 Å². The fourth-order valence-electron chi connectivity index (χ4n) is 3.62. The van der Waals surface area contributed by atoms with Crippen molar-refractivity contribution in [2.75, 3.05) is 11.5 Å². The molecule has 0 unspecified atom stereocenters. The second-order valence-electron chi connectivity index (χ2n) is 7.36. The van der Waals surface area contributed by atoms with E-state index in [9.17, 15) is 28.3 Å². The first kappa shape index (κ1) is 23.2. The van der Waals surface area contributed by atoms with E-state index in [1.807, 2.05) is 0 Å². The van der Waals surface area contributed by atoms with E-state index in [-0.39, 0.29) is 27.8 Å². The molecular formula is C24H18F2N2O5S. The molecule has 2 heterocycles. The number of hydrogen-bond donors (Lipinski definition) is 1. The van der Waals surface area contributed by atoms with Crippen molar-refractivity contribution in [2.24, 2.45) is 0 Å². The number of amides is 1. The highest BCUT2D eigenvalue weighted by Crippen LogP contribution is 2.43. The van der Waals surface area contributed by atoms with Crippen LogP contribution >= 0.6 is 11.3 Å². The largest absolute Gasteiger partial charge is 0.507 e. The van der Waals surface area contributed by atoms with Crippen molar-refractivity contribution in [3.63, 3.8) is 0 Å². The van der Waals surface area contributed by atoms with Gasteiger partial charge in [-0.05, 0) is 55.8 Å². The van der Waals surface area contributed by atoms with Gasteiger partial charge in [-0.15, -0.1) is 0 Å². The smallest absolute Gasteiger partial charge is 0.350 e. The van der Waals surface area contributed by atoms with Gasteiger partial charge >= 0.3 is 11.9 Å². The van der Waals surface area contributed by atoms with Gasteiger partial charge in [-0.3, -0.25) is 14.5 Å². The van der Waals surface area contributed by atoms with Crippen LogP contribution in [0.1, 0.15) is 39.5 Å². The number of anilines is 1. The van der Waals surface area contributed by atoms with Gasteiger partial charge in [0.05, 0.1) is 23.9 Å². The lowest BCUT2D eigenvalue weighted by Gasteiger charge is -2.23. The first-order valence-corrected chi connectivity index (χ1v) is 11.0. The van der Waals surface area contributed by atoms with Gasteiger partial charge in [0.25, 0.3) is 5.78 Å². The molecule has 10 heteroatoms. The number of nitrogens with zero attached hydrogens (tertiary/aromatic N) is 2. The average Bonchev–Trinajstić information content (AvgIpc) is 3.31. The lowest BCUT2D eigenvalue weighted by atomic mass is 9.95. The summed E-state index contributed by atoms with van der Waals surface area (Å²) >= 11 is 0.863. The third kappa shape index (κ3) is 4.08. The Kier molecular flexibility index (Phi) is 6.25. The number of aryl methyl sites for hydroxylation is 1. The zero-order valence-electron chi connectivity index (χ0n) is 18.0. The molecule has 4 rings (SSSR count). The molecule has 0 bridgehead atoms. The van der Waals surface area contributed by atoms with Gasteiger partial charge < -0.3 is 9.84 Å². The molecule has 2 aromatic carbocycles. The number of ketones is 1. The summed E-state index contributed by atoms with van der Waals surface area (Å²) in [6.45, 7) is 3.36. The topological polar surface area (TPSA) is 96.8 Å². The highest BCUT2D eigenvalue weighted by molar-refractivity contribution is 7.17. The fourth-order valence-corrected chi connectivity index (χ4v) is 4.61. The third-order valence-electron chi connectivity index (χ3n) is 5.20. The number of carbonyl (C=O) groups excluding carboxylic acids is 3. The Morgan fingerprint density at radius 1 is 1.09 bits per heavy atom. The number of benzene rings is 2. The van der Waals surface area contributed by atoms with Crippen molar-refractivity contribution in [3.8, 4) is 0 Å². The van der Waals surface area contributed by atoms with Crippen molar-refractivity contribution in [1.29, 1.82) is 0 Å². The predicted molar refractivity (Wildman–Crippen MR) is 120 cm³/mol. The number of aromatic nitrogens is 1. The number of halogens is 2. The summed E-state index contributed by atoms with van der Waals surface area (Å²) in [7, 11) is 0. The summed E-state index contributed by atoms with van der Waals surface area (Å²) in [5.41, 5.74) is 0.481. The standard InChI is InChI=1S/C24H18F2N2O5S/c1-3-33-23(32)21-12(2)27-24(34-21)28-18(13-4-8-15(25)9-5-13)17(20(30)22(28)31)19(29)14-6-10-16(26)11-7-14/h4-11,18,29H,3H2,1-2H3/b19-17+/t18-/m1/s1. The maximum absolute atomic E-state index is 13.6. The van der Waals surface area contributed by atoms with Crippen LogP contribution in [0.25, 0.3) is 5.76 Å². The summed E-state index contributed by atoms with van der Waals surface area (Å²) in [6, 6.07) is 8.66. The van der Waals surface area contributed by atoms with Crippen LogP contribution in [0, 0.1) is 18.6 Å². The van der Waals surface area contributed by atoms with Crippen molar-refractivity contribution < 1.29 is 33.0 Å². The molecule has 1 atom stereocenters. The van der Waals surface area contributed by atoms with Crippen molar-refractivity contribution in [1.82, 2.24) is 4.98 Å². The van der Waals surface area contributed by atoms with E-state index < -0.39 is 41.1 Å². The van der Waals surface area contributed by atoms with Gasteiger partial charge in [-0.1, -0.05) is 23.5 Å². The summed E-state index contributed by atoms with van der Waals surface area (Å²) < 4.78 is 32.0. The number of hydrogen-bond acceptors (Lipinski definition) is 7. The minimum atomic E-state index is -1.16. The summed E-state index contributed by atoms with van der Waals surface area (Å²) in [5, 5.41) is 11.0. The molecule has 34 heavy (non-hydrogen) atoms. The summed E-state index contributed by atoms with van der Waals surface area (Å²) in [6.07, 6.45) is 0. The second-order valence-corrected chi connectivity index (χ2v) is 8.34. The van der Waals surface area contributed by atoms with Crippen LogP contribution in [0.3, 0.4) is 0 Å². The maximum Gasteiger partial charge on any atom is 0.350 e. The van der Waals surface area contributed by atoms with Gasteiger partial charge in [0.2, 0.25) is 0 Å². The van der Waals surface area contributed by atoms with Crippen LogP contribution in [-0.4, -0.2) is 34.4 Å². The Morgan fingerprint density at radius 3 is 2.26 bits per heavy atom. The van der Waals surface area contributed by atoms with Crippen molar-refractivity contribution in [2.45, 2.75) is 19.9 Å². The molecule has 0 aliphatic carbocycles. The average molecular weight is 484 g/mol. The Balaban J connectivity index is 1.90. The SMILES string of the molecule is CCOC(=O)c1sc(N2C(=O)C(=O)/C(=C(/O)c3ccc(F)cc3)[C@H]2c2ccc(F)cc2)nc1C. The molecule has 7 nitrogen and oxygen atoms in total. The maximum atomic E-state index is 13.6. The first-order chi connectivity index (χ1) is 16.2. The van der Waals surface area contributed by atoms with Gasteiger partial charge in [0, 0.05) is 5.56 Å². The molecule has 0 saturated carbocycles. The molecule has 1 aliphatic heterocycles. The number of rotatable bonds is 5. The normalized spacial score (nSPS) is 17.3. The molecule has 1 saturated heterocycles. The van der Waals surface area contributed by atoms with E-state index in [1.165, 1.54) is 24.3 Å². The number of esters is 1. The van der Waals surface area contributed by atoms with Crippen LogP contribution in [0.5, 0.6) is 0 Å². The minimum absolute atomic E-state index is 0.0372. The van der Waals surface area contributed by atoms with Gasteiger partial charge in [-0.2, -0.15) is 0 Å². The Labute approximate surface area is 196 Å². The van der Waals surface area contributed by atoms with Crippen LogP contribution in [0.15, 0.2) is 54.1 Å². The van der Waals surface area contributed by atoms with E-state index in [1.54, 1.807) is 13.8 Å². The molecule has 0 spiro atoms. The second kappa shape index (κ2) is 9.14. The Bertz CT molecular complexity index is 1320. The molecule has 1 aromatic heterocycles. The number of aliphatic hydroxyl groups is 1. The van der Waals surface area contributed by atoms with E-state index in [0.717, 1.165) is 40.5 Å². The number of ether oxygens (including phenoxy) is 1. The van der Waals surface area contributed by atoms with E-state index in [4.69, 9.17) is 4.74 Å². The first-order valence-electron chi connectivity index (χ1n) is 10.2. The van der Waals surface area contributed by atoms with Gasteiger partial charge in [0.1, 0.15) is 22.3 Å². The van der Waals surface area contributed by atoms with E-state index in [2.05, 4.69) is 4.98 Å². The monoisotopic (exact) mass is 484 g/mol. The van der Waals surface area contributed by atoms with Crippen molar-refractivity contribution in [3.05, 3.63) is 87.4 Å². The zero-order chi connectivity index (χ0) is 24.6.